The molecular formula is C19H30INO3Si. The molecule has 0 aliphatic carbocycles. The minimum absolute atomic E-state index is 0.116. The molecule has 1 heterocycles. The van der Waals surface area contributed by atoms with Crippen molar-refractivity contribution in [2.45, 2.75) is 64.1 Å². The van der Waals surface area contributed by atoms with E-state index in [0.717, 1.165) is 16.4 Å². The van der Waals surface area contributed by atoms with Crippen LogP contribution in [0.2, 0.25) is 18.1 Å². The normalized spacial score (nSPS) is 21.4. The summed E-state index contributed by atoms with van der Waals surface area (Å²) >= 11 is 2.35. The van der Waals surface area contributed by atoms with Gasteiger partial charge in [0, 0.05) is 17.0 Å². The summed E-state index contributed by atoms with van der Waals surface area (Å²) in [5.74, 6) is 0. The number of ether oxygens (including phenoxy) is 1. The molecule has 1 aliphatic rings. The van der Waals surface area contributed by atoms with E-state index in [1.165, 1.54) is 0 Å². The van der Waals surface area contributed by atoms with Gasteiger partial charge in [-0.1, -0.05) is 73.7 Å². The van der Waals surface area contributed by atoms with Crippen LogP contribution in [0.15, 0.2) is 30.3 Å². The van der Waals surface area contributed by atoms with Gasteiger partial charge < -0.3 is 14.1 Å². The molecule has 0 spiro atoms. The predicted molar refractivity (Wildman–Crippen MR) is 113 cm³/mol. The molecule has 1 fully saturated rings. The average molecular weight is 475 g/mol. The van der Waals surface area contributed by atoms with Gasteiger partial charge in [-0.25, -0.2) is 4.79 Å². The molecule has 0 aromatic heterocycles. The third kappa shape index (κ3) is 5.43. The Labute approximate surface area is 166 Å². The number of nitrogens with zero attached hydrogens (tertiary/aromatic N) is 1. The Morgan fingerprint density at radius 3 is 2.48 bits per heavy atom. The topological polar surface area (TPSA) is 38.8 Å². The molecule has 140 valence electrons. The fourth-order valence-corrected chi connectivity index (χ4v) is 4.92. The first-order chi connectivity index (χ1) is 11.6. The highest BCUT2D eigenvalue weighted by Gasteiger charge is 2.43. The summed E-state index contributed by atoms with van der Waals surface area (Å²) in [4.78, 5) is 14.4. The van der Waals surface area contributed by atoms with E-state index in [0.29, 0.717) is 13.2 Å². The molecule has 1 aliphatic heterocycles. The van der Waals surface area contributed by atoms with E-state index in [1.807, 2.05) is 35.2 Å². The first-order valence-corrected chi connectivity index (χ1v) is 13.3. The molecule has 2 unspecified atom stereocenters. The number of carbonyl (C=O) groups excluding carboxylic acids is 1. The maximum absolute atomic E-state index is 12.6. The zero-order valence-corrected chi connectivity index (χ0v) is 19.1. The number of alkyl halides is 1. The second-order valence-corrected chi connectivity index (χ2v) is 13.9. The van der Waals surface area contributed by atoms with Crippen LogP contribution in [0.5, 0.6) is 0 Å². The lowest BCUT2D eigenvalue weighted by atomic mass is 10.2. The molecule has 2 atom stereocenters. The molecule has 0 radical (unpaired) electrons. The number of hydrogen-bond donors (Lipinski definition) is 0. The minimum Gasteiger partial charge on any atom is -0.445 e. The van der Waals surface area contributed by atoms with Crippen LogP contribution in [0.4, 0.5) is 4.79 Å². The Bertz CT molecular complexity index is 574. The molecule has 1 saturated heterocycles. The van der Waals surface area contributed by atoms with Crippen LogP contribution in [0.1, 0.15) is 32.8 Å². The highest BCUT2D eigenvalue weighted by atomic mass is 127. The number of hydrogen-bond acceptors (Lipinski definition) is 3. The van der Waals surface area contributed by atoms with Crippen molar-refractivity contribution in [2.24, 2.45) is 0 Å². The van der Waals surface area contributed by atoms with Crippen molar-refractivity contribution in [1.29, 1.82) is 0 Å². The van der Waals surface area contributed by atoms with Gasteiger partial charge in [0.2, 0.25) is 0 Å². The molecule has 4 nitrogen and oxygen atoms in total. The Morgan fingerprint density at radius 1 is 1.28 bits per heavy atom. The molecule has 2 rings (SSSR count). The zero-order valence-electron chi connectivity index (χ0n) is 15.9. The van der Waals surface area contributed by atoms with E-state index in [9.17, 15) is 4.79 Å². The van der Waals surface area contributed by atoms with Crippen molar-refractivity contribution in [2.75, 3.05) is 11.0 Å². The molecule has 0 bridgehead atoms. The maximum atomic E-state index is 12.6. The SMILES string of the molecule is CC(C)(C)[Si](C)(C)OC1CC(CI)N(C(=O)OCc2ccccc2)C1. The second-order valence-electron chi connectivity index (χ2n) is 8.24. The van der Waals surface area contributed by atoms with Crippen LogP contribution in [0.25, 0.3) is 0 Å². The Morgan fingerprint density at radius 2 is 1.92 bits per heavy atom. The van der Waals surface area contributed by atoms with Crippen LogP contribution < -0.4 is 0 Å². The number of rotatable bonds is 5. The summed E-state index contributed by atoms with van der Waals surface area (Å²) in [5.41, 5.74) is 1.01. The van der Waals surface area contributed by atoms with E-state index in [2.05, 4.69) is 56.5 Å². The summed E-state index contributed by atoms with van der Waals surface area (Å²) in [6.07, 6.45) is 0.785. The third-order valence-corrected chi connectivity index (χ3v) is 10.8. The van der Waals surface area contributed by atoms with E-state index in [4.69, 9.17) is 9.16 Å². The molecule has 1 amide bonds. The van der Waals surface area contributed by atoms with Crippen LogP contribution >= 0.6 is 22.6 Å². The Kier molecular flexibility index (Phi) is 6.95. The smallest absolute Gasteiger partial charge is 0.410 e. The number of amides is 1. The summed E-state index contributed by atoms with van der Waals surface area (Å²) in [6.45, 7) is 12.2. The van der Waals surface area contributed by atoms with Crippen molar-refractivity contribution in [3.8, 4) is 0 Å². The lowest BCUT2D eigenvalue weighted by Gasteiger charge is -2.38. The van der Waals surface area contributed by atoms with Gasteiger partial charge in [0.25, 0.3) is 0 Å². The summed E-state index contributed by atoms with van der Waals surface area (Å²) in [6, 6.07) is 10.00. The lowest BCUT2D eigenvalue weighted by Crippen LogP contribution is -2.44. The average Bonchev–Trinajstić information content (AvgIpc) is 2.95. The first-order valence-electron chi connectivity index (χ1n) is 8.85. The highest BCUT2D eigenvalue weighted by molar-refractivity contribution is 14.1. The van der Waals surface area contributed by atoms with E-state index in [-0.39, 0.29) is 23.3 Å². The quantitative estimate of drug-likeness (QED) is 0.333. The van der Waals surface area contributed by atoms with Crippen molar-refractivity contribution < 1.29 is 14.0 Å². The van der Waals surface area contributed by atoms with Gasteiger partial charge in [0.05, 0.1) is 6.10 Å². The van der Waals surface area contributed by atoms with E-state index >= 15 is 0 Å². The summed E-state index contributed by atoms with van der Waals surface area (Å²) < 4.78 is 13.0. The second kappa shape index (κ2) is 8.39. The molecule has 6 heteroatoms. The molecule has 25 heavy (non-hydrogen) atoms. The van der Waals surface area contributed by atoms with Gasteiger partial charge in [0.1, 0.15) is 6.61 Å². The van der Waals surface area contributed by atoms with Crippen molar-refractivity contribution in [3.05, 3.63) is 35.9 Å². The van der Waals surface area contributed by atoms with Gasteiger partial charge >= 0.3 is 6.09 Å². The molecule has 0 N–H and O–H groups in total. The monoisotopic (exact) mass is 475 g/mol. The summed E-state index contributed by atoms with van der Waals surface area (Å²) in [5, 5.41) is 0.175. The van der Waals surface area contributed by atoms with Gasteiger partial charge in [-0.05, 0) is 30.1 Å². The molecule has 0 saturated carbocycles. The number of likely N-dealkylation sites (tertiary alicyclic amines) is 1. The van der Waals surface area contributed by atoms with Gasteiger partial charge in [0.15, 0.2) is 8.32 Å². The standard InChI is InChI=1S/C19H30INO3Si/c1-19(2,3)25(4,5)24-17-11-16(12-20)21(13-17)18(22)23-14-15-9-7-6-8-10-15/h6-10,16-17H,11-14H2,1-5H3. The lowest BCUT2D eigenvalue weighted by molar-refractivity contribution is 0.0909. The van der Waals surface area contributed by atoms with Crippen molar-refractivity contribution >= 4 is 37.0 Å². The number of carbonyl (C=O) groups is 1. The summed E-state index contributed by atoms with van der Waals surface area (Å²) in [7, 11) is -1.83. The minimum atomic E-state index is -1.83. The zero-order chi connectivity index (χ0) is 18.7. The highest BCUT2D eigenvalue weighted by Crippen LogP contribution is 2.39. The van der Waals surface area contributed by atoms with Gasteiger partial charge in [-0.2, -0.15) is 0 Å². The van der Waals surface area contributed by atoms with E-state index in [1.54, 1.807) is 0 Å². The largest absolute Gasteiger partial charge is 0.445 e. The Balaban J connectivity index is 1.95. The van der Waals surface area contributed by atoms with Gasteiger partial charge in [-0.15, -0.1) is 0 Å². The number of benzene rings is 1. The molecular weight excluding hydrogens is 445 g/mol. The fourth-order valence-electron chi connectivity index (χ4n) is 2.72. The van der Waals surface area contributed by atoms with E-state index < -0.39 is 8.32 Å². The third-order valence-electron chi connectivity index (χ3n) is 5.26. The van der Waals surface area contributed by atoms with Crippen molar-refractivity contribution in [3.63, 3.8) is 0 Å². The number of halogens is 1. The van der Waals surface area contributed by atoms with Crippen LogP contribution in [0, 0.1) is 0 Å². The molecule has 1 aromatic rings. The van der Waals surface area contributed by atoms with Crippen LogP contribution in [-0.4, -0.2) is 42.4 Å². The maximum Gasteiger partial charge on any atom is 0.410 e. The van der Waals surface area contributed by atoms with Gasteiger partial charge in [-0.3, -0.25) is 0 Å². The Hall–Kier alpha value is -0.603. The first kappa shape index (κ1) is 20.7. The van der Waals surface area contributed by atoms with Crippen LogP contribution in [-0.2, 0) is 15.8 Å². The van der Waals surface area contributed by atoms with Crippen molar-refractivity contribution in [1.82, 2.24) is 4.90 Å². The molecule has 1 aromatic carbocycles. The van der Waals surface area contributed by atoms with Crippen LogP contribution in [0.3, 0.4) is 0 Å². The fraction of sp³-hybridized carbons (Fsp3) is 0.632. The predicted octanol–water partition coefficient (Wildman–Crippen LogP) is 5.22.